The van der Waals surface area contributed by atoms with Crippen molar-refractivity contribution in [3.05, 3.63) is 0 Å². The summed E-state index contributed by atoms with van der Waals surface area (Å²) in [6, 6.07) is -1.48. The molecule has 0 aromatic heterocycles. The highest BCUT2D eigenvalue weighted by Gasteiger charge is 2.26. The van der Waals surface area contributed by atoms with E-state index in [-0.39, 0.29) is 13.0 Å². The number of phosphoric acid groups is 1. The van der Waals surface area contributed by atoms with E-state index in [1.54, 1.807) is 0 Å². The van der Waals surface area contributed by atoms with Gasteiger partial charge in [0.15, 0.2) is 0 Å². The number of rotatable bonds is 13. The summed E-state index contributed by atoms with van der Waals surface area (Å²) in [5.41, 5.74) is 5.09. The van der Waals surface area contributed by atoms with Crippen LogP contribution in [0.4, 0.5) is 0 Å². The average molecular weight is 357 g/mol. The molecule has 10 nitrogen and oxygen atoms in total. The van der Waals surface area contributed by atoms with Gasteiger partial charge in [-0.3, -0.25) is 18.6 Å². The van der Waals surface area contributed by atoms with Crippen molar-refractivity contribution in [3.63, 3.8) is 0 Å². The Balaban J connectivity index is 3.93. The van der Waals surface area contributed by atoms with Crippen LogP contribution in [-0.4, -0.2) is 59.0 Å². The topological polar surface area (TPSA) is 166 Å². The van der Waals surface area contributed by atoms with E-state index < -0.39 is 45.1 Å². The van der Waals surface area contributed by atoms with Gasteiger partial charge in [0.05, 0.1) is 13.2 Å². The molecule has 0 amide bonds. The molecule has 0 aromatic carbocycles. The Morgan fingerprint density at radius 1 is 1.17 bits per heavy atom. The van der Waals surface area contributed by atoms with Crippen LogP contribution >= 0.6 is 7.82 Å². The van der Waals surface area contributed by atoms with Crippen molar-refractivity contribution in [1.82, 2.24) is 0 Å². The van der Waals surface area contributed by atoms with Crippen molar-refractivity contribution in [3.8, 4) is 0 Å². The average Bonchev–Trinajstić information content (AvgIpc) is 2.49. The minimum absolute atomic E-state index is 0.232. The van der Waals surface area contributed by atoms with Crippen LogP contribution in [0.25, 0.3) is 0 Å². The molecule has 0 saturated heterocycles. The van der Waals surface area contributed by atoms with E-state index in [1.165, 1.54) is 0 Å². The second-order valence-corrected chi connectivity index (χ2v) is 6.25. The summed E-state index contributed by atoms with van der Waals surface area (Å²) in [5, 5.41) is 18.0. The zero-order valence-corrected chi connectivity index (χ0v) is 13.8. The number of esters is 1. The van der Waals surface area contributed by atoms with E-state index in [4.69, 9.17) is 15.6 Å². The van der Waals surface area contributed by atoms with E-state index in [9.17, 15) is 24.2 Å². The lowest BCUT2D eigenvalue weighted by Gasteiger charge is -2.16. The van der Waals surface area contributed by atoms with Crippen molar-refractivity contribution in [1.29, 1.82) is 0 Å². The number of aliphatic hydroxyl groups excluding tert-OH is 1. The Labute approximate surface area is 134 Å². The maximum Gasteiger partial charge on any atom is 0.472 e. The van der Waals surface area contributed by atoms with E-state index >= 15 is 0 Å². The molecule has 5 N–H and O–H groups in total. The van der Waals surface area contributed by atoms with Crippen LogP contribution in [0.1, 0.15) is 32.6 Å². The zero-order valence-electron chi connectivity index (χ0n) is 12.9. The smallest absolute Gasteiger partial charge is 0.472 e. The SMILES string of the molecule is CCCCCC(=O)OC[C@@H](O)COP(=O)(O)OCC(N)C(=O)O. The summed E-state index contributed by atoms with van der Waals surface area (Å²) in [5.74, 6) is -1.88. The molecule has 0 radical (unpaired) electrons. The quantitative estimate of drug-likeness (QED) is 0.200. The molecule has 0 saturated carbocycles. The van der Waals surface area contributed by atoms with Crippen molar-refractivity contribution in [2.75, 3.05) is 19.8 Å². The third-order valence-electron chi connectivity index (χ3n) is 2.59. The number of hydrogen-bond donors (Lipinski definition) is 4. The number of carboxylic acid groups (broad SMARTS) is 1. The summed E-state index contributed by atoms with van der Waals surface area (Å²) in [4.78, 5) is 31.0. The fourth-order valence-corrected chi connectivity index (χ4v) is 2.08. The van der Waals surface area contributed by atoms with Crippen LogP contribution in [0, 0.1) is 0 Å². The maximum atomic E-state index is 11.4. The fourth-order valence-electron chi connectivity index (χ4n) is 1.29. The summed E-state index contributed by atoms with van der Waals surface area (Å²) >= 11 is 0. The molecule has 2 unspecified atom stereocenters. The van der Waals surface area contributed by atoms with Gasteiger partial charge >= 0.3 is 19.8 Å². The minimum atomic E-state index is -4.55. The van der Waals surface area contributed by atoms with Gasteiger partial charge in [-0.05, 0) is 6.42 Å². The molecule has 0 fully saturated rings. The summed E-state index contributed by atoms with van der Waals surface area (Å²) in [6.45, 7) is 0.245. The first-order chi connectivity index (χ1) is 10.7. The van der Waals surface area contributed by atoms with E-state index in [1.807, 2.05) is 6.92 Å². The fraction of sp³-hybridized carbons (Fsp3) is 0.833. The van der Waals surface area contributed by atoms with E-state index in [2.05, 4.69) is 9.05 Å². The molecule has 0 rings (SSSR count). The predicted molar refractivity (Wildman–Crippen MR) is 78.4 cm³/mol. The molecule has 23 heavy (non-hydrogen) atoms. The minimum Gasteiger partial charge on any atom is -0.480 e. The van der Waals surface area contributed by atoms with Crippen LogP contribution in [0.5, 0.6) is 0 Å². The first-order valence-electron chi connectivity index (χ1n) is 7.12. The van der Waals surface area contributed by atoms with Crippen LogP contribution in [0.3, 0.4) is 0 Å². The van der Waals surface area contributed by atoms with Gasteiger partial charge < -0.3 is 25.6 Å². The van der Waals surface area contributed by atoms with Gasteiger partial charge in [-0.1, -0.05) is 19.8 Å². The van der Waals surface area contributed by atoms with Crippen LogP contribution in [0.15, 0.2) is 0 Å². The number of hydrogen-bond acceptors (Lipinski definition) is 8. The number of ether oxygens (including phenoxy) is 1. The van der Waals surface area contributed by atoms with Crippen LogP contribution < -0.4 is 5.73 Å². The molecule has 0 heterocycles. The molecular weight excluding hydrogens is 333 g/mol. The Bertz CT molecular complexity index is 417. The molecule has 0 bridgehead atoms. The molecule has 11 heteroatoms. The molecule has 3 atom stereocenters. The largest absolute Gasteiger partial charge is 0.480 e. The number of carbonyl (C=O) groups is 2. The highest BCUT2D eigenvalue weighted by molar-refractivity contribution is 7.47. The summed E-state index contributed by atoms with van der Waals surface area (Å²) < 4.78 is 25.0. The number of nitrogens with two attached hydrogens (primary N) is 1. The number of aliphatic carboxylic acids is 1. The summed E-state index contributed by atoms with van der Waals surface area (Å²) in [7, 11) is -4.55. The van der Waals surface area contributed by atoms with E-state index in [0.717, 1.165) is 12.8 Å². The lowest BCUT2D eigenvalue weighted by atomic mass is 10.2. The molecular formula is C12H24NO9P. The Kier molecular flexibility index (Phi) is 11.0. The second-order valence-electron chi connectivity index (χ2n) is 4.80. The molecule has 0 aromatic rings. The molecule has 0 aliphatic heterocycles. The number of carbonyl (C=O) groups excluding carboxylic acids is 1. The van der Waals surface area contributed by atoms with Crippen LogP contribution in [0.2, 0.25) is 0 Å². The first kappa shape index (κ1) is 22.0. The molecule has 136 valence electrons. The van der Waals surface area contributed by atoms with E-state index in [0.29, 0.717) is 6.42 Å². The Hall–Kier alpha value is -1.03. The van der Waals surface area contributed by atoms with Crippen LogP contribution in [-0.2, 0) is 27.9 Å². The Morgan fingerprint density at radius 3 is 2.35 bits per heavy atom. The number of phosphoric ester groups is 1. The van der Waals surface area contributed by atoms with Crippen molar-refractivity contribution in [2.45, 2.75) is 44.8 Å². The third-order valence-corrected chi connectivity index (χ3v) is 3.54. The number of carboxylic acids is 1. The lowest BCUT2D eigenvalue weighted by Crippen LogP contribution is -2.34. The van der Waals surface area contributed by atoms with Gasteiger partial charge in [0.1, 0.15) is 18.8 Å². The maximum absolute atomic E-state index is 11.4. The highest BCUT2D eigenvalue weighted by atomic mass is 31.2. The lowest BCUT2D eigenvalue weighted by molar-refractivity contribution is -0.147. The molecule has 0 spiro atoms. The van der Waals surface area contributed by atoms with Gasteiger partial charge in [-0.25, -0.2) is 4.57 Å². The van der Waals surface area contributed by atoms with Gasteiger partial charge in [0.25, 0.3) is 0 Å². The normalized spacial score (nSPS) is 16.3. The second kappa shape index (κ2) is 11.5. The third kappa shape index (κ3) is 12.1. The standard InChI is InChI=1S/C12H24NO9P/c1-2-3-4-5-11(15)20-6-9(14)7-21-23(18,19)22-8-10(13)12(16)17/h9-10,14H,2-8,13H2,1H3,(H,16,17)(H,18,19)/t9-,10?/m1/s1. The number of aliphatic hydroxyl groups is 1. The van der Waals surface area contributed by atoms with Crippen molar-refractivity contribution in [2.24, 2.45) is 5.73 Å². The van der Waals surface area contributed by atoms with Crippen molar-refractivity contribution >= 4 is 19.8 Å². The summed E-state index contributed by atoms with van der Waals surface area (Å²) in [6.07, 6.45) is 1.45. The Morgan fingerprint density at radius 2 is 1.78 bits per heavy atom. The monoisotopic (exact) mass is 357 g/mol. The zero-order chi connectivity index (χ0) is 17.9. The molecule has 0 aliphatic rings. The van der Waals surface area contributed by atoms with Gasteiger partial charge in [0.2, 0.25) is 0 Å². The van der Waals surface area contributed by atoms with Crippen molar-refractivity contribution < 1.29 is 43.0 Å². The predicted octanol–water partition coefficient (Wildman–Crippen LogP) is 0.0163. The van der Waals surface area contributed by atoms with Gasteiger partial charge in [0, 0.05) is 6.42 Å². The highest BCUT2D eigenvalue weighted by Crippen LogP contribution is 2.43. The van der Waals surface area contributed by atoms with Gasteiger partial charge in [-0.2, -0.15) is 0 Å². The van der Waals surface area contributed by atoms with Gasteiger partial charge in [-0.15, -0.1) is 0 Å². The molecule has 0 aliphatic carbocycles. The first-order valence-corrected chi connectivity index (χ1v) is 8.61. The number of unbranched alkanes of at least 4 members (excludes halogenated alkanes) is 2.